The van der Waals surface area contributed by atoms with Crippen molar-refractivity contribution in [2.75, 3.05) is 0 Å². The molecule has 5 heteroatoms. The lowest BCUT2D eigenvalue weighted by molar-refractivity contribution is -0.385. The molecule has 0 N–H and O–H groups in total. The summed E-state index contributed by atoms with van der Waals surface area (Å²) in [5.41, 5.74) is -0.0501. The van der Waals surface area contributed by atoms with Crippen LogP contribution in [0.5, 0.6) is 0 Å². The molecule has 1 aromatic carbocycles. The highest BCUT2D eigenvalue weighted by molar-refractivity contribution is 7.65. The SMILES string of the molecule is O=[S+]c1cccc([N+](=O)[O-])c1. The van der Waals surface area contributed by atoms with E-state index in [9.17, 15) is 14.3 Å². The summed E-state index contributed by atoms with van der Waals surface area (Å²) in [5, 5.41) is 10.2. The average molecular weight is 170 g/mol. The molecule has 0 aliphatic heterocycles. The molecular formula is C6H4NO3S+. The average Bonchev–Trinajstić information content (AvgIpc) is 2.05. The second-order valence-electron chi connectivity index (χ2n) is 1.84. The Labute approximate surface area is 66.5 Å². The van der Waals surface area contributed by atoms with Crippen LogP contribution in [0.15, 0.2) is 29.2 Å². The third kappa shape index (κ3) is 1.78. The summed E-state index contributed by atoms with van der Waals surface area (Å²) >= 11 is 0.246. The van der Waals surface area contributed by atoms with Gasteiger partial charge in [-0.15, -0.1) is 0 Å². The monoisotopic (exact) mass is 170 g/mol. The number of nitro groups is 1. The van der Waals surface area contributed by atoms with Crippen molar-refractivity contribution in [2.45, 2.75) is 4.90 Å². The minimum atomic E-state index is -0.528. The summed E-state index contributed by atoms with van der Waals surface area (Å²) < 4.78 is 10.2. The minimum absolute atomic E-state index is 0.0501. The number of non-ortho nitro benzene ring substituents is 1. The molecule has 1 rings (SSSR count). The maximum absolute atomic E-state index is 10.2. The molecule has 0 aliphatic rings. The number of benzene rings is 1. The third-order valence-electron chi connectivity index (χ3n) is 1.12. The van der Waals surface area contributed by atoms with Crippen molar-refractivity contribution in [3.8, 4) is 0 Å². The molecule has 0 aliphatic carbocycles. The molecule has 0 radical (unpaired) electrons. The van der Waals surface area contributed by atoms with Crippen LogP contribution in [0.3, 0.4) is 0 Å². The van der Waals surface area contributed by atoms with Gasteiger partial charge in [-0.2, -0.15) is 0 Å². The maximum atomic E-state index is 10.2. The Morgan fingerprint density at radius 1 is 1.45 bits per heavy atom. The van der Waals surface area contributed by atoms with Gasteiger partial charge in [-0.05, 0) is 6.07 Å². The smallest absolute Gasteiger partial charge is 0.258 e. The Bertz CT molecular complexity index is 300. The van der Waals surface area contributed by atoms with E-state index in [1.54, 1.807) is 0 Å². The Kier molecular flexibility index (Phi) is 2.22. The van der Waals surface area contributed by atoms with Crippen molar-refractivity contribution >= 4 is 17.4 Å². The Morgan fingerprint density at radius 3 is 2.73 bits per heavy atom. The van der Waals surface area contributed by atoms with E-state index in [1.165, 1.54) is 24.3 Å². The largest absolute Gasteiger partial charge is 0.505 e. The fourth-order valence-electron chi connectivity index (χ4n) is 0.649. The summed E-state index contributed by atoms with van der Waals surface area (Å²) in [4.78, 5) is 10.00. The third-order valence-corrected chi connectivity index (χ3v) is 1.57. The summed E-state index contributed by atoms with van der Waals surface area (Å²) in [5.74, 6) is 0. The van der Waals surface area contributed by atoms with Crippen LogP contribution in [0.1, 0.15) is 0 Å². The van der Waals surface area contributed by atoms with Crippen LogP contribution < -0.4 is 0 Å². The molecule has 0 spiro atoms. The molecule has 0 fully saturated rings. The molecule has 0 aromatic heterocycles. The van der Waals surface area contributed by atoms with Crippen molar-refractivity contribution in [3.63, 3.8) is 0 Å². The number of rotatable bonds is 2. The van der Waals surface area contributed by atoms with Crippen molar-refractivity contribution < 1.29 is 9.13 Å². The molecule has 0 bridgehead atoms. The van der Waals surface area contributed by atoms with Crippen LogP contribution in [0.4, 0.5) is 5.69 Å². The van der Waals surface area contributed by atoms with E-state index in [0.717, 1.165) is 0 Å². The van der Waals surface area contributed by atoms with Crippen LogP contribution in [-0.2, 0) is 15.9 Å². The van der Waals surface area contributed by atoms with Crippen molar-refractivity contribution in [1.29, 1.82) is 0 Å². The predicted octanol–water partition coefficient (Wildman–Crippen LogP) is 1.38. The van der Waals surface area contributed by atoms with E-state index in [2.05, 4.69) is 0 Å². The summed E-state index contributed by atoms with van der Waals surface area (Å²) in [6.45, 7) is 0. The second kappa shape index (κ2) is 3.16. The molecule has 0 unspecified atom stereocenters. The molecule has 0 saturated heterocycles. The predicted molar refractivity (Wildman–Crippen MR) is 39.4 cm³/mol. The van der Waals surface area contributed by atoms with Gasteiger partial charge >= 0.3 is 11.7 Å². The van der Waals surface area contributed by atoms with Gasteiger partial charge in [0, 0.05) is 16.3 Å². The zero-order valence-electron chi connectivity index (χ0n) is 5.39. The first-order valence-electron chi connectivity index (χ1n) is 2.78. The van der Waals surface area contributed by atoms with Gasteiger partial charge in [0.25, 0.3) is 10.6 Å². The van der Waals surface area contributed by atoms with E-state index >= 15 is 0 Å². The van der Waals surface area contributed by atoms with Crippen LogP contribution >= 0.6 is 0 Å². The lowest BCUT2D eigenvalue weighted by atomic mass is 10.3. The number of hydrogen-bond acceptors (Lipinski definition) is 3. The van der Waals surface area contributed by atoms with Crippen LogP contribution in [0, 0.1) is 10.1 Å². The molecule has 11 heavy (non-hydrogen) atoms. The van der Waals surface area contributed by atoms with E-state index in [1.807, 2.05) is 0 Å². The molecule has 0 atom stereocenters. The zero-order chi connectivity index (χ0) is 8.27. The highest BCUT2D eigenvalue weighted by Crippen LogP contribution is 2.12. The quantitative estimate of drug-likeness (QED) is 0.382. The summed E-state index contributed by atoms with van der Waals surface area (Å²) in [7, 11) is 0. The Hall–Kier alpha value is -1.36. The van der Waals surface area contributed by atoms with Gasteiger partial charge in [0.05, 0.1) is 11.0 Å². The van der Waals surface area contributed by atoms with Gasteiger partial charge in [0.2, 0.25) is 0 Å². The normalized spacial score (nSPS) is 9.09. The van der Waals surface area contributed by atoms with Crippen molar-refractivity contribution in [2.24, 2.45) is 0 Å². The van der Waals surface area contributed by atoms with Gasteiger partial charge in [-0.1, -0.05) is 0 Å². The molecule has 0 amide bonds. The second-order valence-corrected chi connectivity index (χ2v) is 2.48. The number of nitro benzene ring substituents is 1. The van der Waals surface area contributed by atoms with Crippen LogP contribution in [-0.4, -0.2) is 4.92 Å². The Balaban J connectivity index is 3.10. The molecule has 4 nitrogen and oxygen atoms in total. The standard InChI is InChI=1S/C6H4NO3S/c8-7(9)5-2-1-3-6(4-5)11-10/h1-4H/q+1. The highest BCUT2D eigenvalue weighted by Gasteiger charge is 2.12. The lowest BCUT2D eigenvalue weighted by Gasteiger charge is -1.84. The Morgan fingerprint density at radius 2 is 2.18 bits per heavy atom. The topological polar surface area (TPSA) is 60.2 Å². The van der Waals surface area contributed by atoms with Crippen LogP contribution in [0.2, 0.25) is 0 Å². The van der Waals surface area contributed by atoms with Gasteiger partial charge in [0.15, 0.2) is 0 Å². The van der Waals surface area contributed by atoms with Crippen LogP contribution in [0.25, 0.3) is 0 Å². The fourth-order valence-corrected chi connectivity index (χ4v) is 0.952. The van der Waals surface area contributed by atoms with E-state index in [4.69, 9.17) is 0 Å². The fraction of sp³-hybridized carbons (Fsp3) is 0. The maximum Gasteiger partial charge on any atom is 0.505 e. The lowest BCUT2D eigenvalue weighted by Crippen LogP contribution is -1.87. The molecular weight excluding hydrogens is 166 g/mol. The van der Waals surface area contributed by atoms with Gasteiger partial charge in [0.1, 0.15) is 0 Å². The van der Waals surface area contributed by atoms with Gasteiger partial charge in [-0.25, -0.2) is 0 Å². The minimum Gasteiger partial charge on any atom is -0.258 e. The van der Waals surface area contributed by atoms with Gasteiger partial charge < -0.3 is 0 Å². The number of nitrogens with zero attached hydrogens (tertiary/aromatic N) is 1. The van der Waals surface area contributed by atoms with E-state index < -0.39 is 4.92 Å². The highest BCUT2D eigenvalue weighted by atomic mass is 32.1. The molecule has 0 heterocycles. The molecule has 1 aromatic rings. The first-order chi connectivity index (χ1) is 5.24. The van der Waals surface area contributed by atoms with Crippen molar-refractivity contribution in [3.05, 3.63) is 34.4 Å². The molecule has 0 saturated carbocycles. The van der Waals surface area contributed by atoms with Crippen molar-refractivity contribution in [1.82, 2.24) is 0 Å². The van der Waals surface area contributed by atoms with Gasteiger partial charge in [-0.3, -0.25) is 10.1 Å². The first kappa shape index (κ1) is 7.74. The summed E-state index contributed by atoms with van der Waals surface area (Å²) in [6, 6.07) is 5.61. The number of hydrogen-bond donors (Lipinski definition) is 0. The van der Waals surface area contributed by atoms with E-state index in [0.29, 0.717) is 4.90 Å². The van der Waals surface area contributed by atoms with E-state index in [-0.39, 0.29) is 17.4 Å². The summed E-state index contributed by atoms with van der Waals surface area (Å²) in [6.07, 6.45) is 0. The molecule has 56 valence electrons. The zero-order valence-corrected chi connectivity index (χ0v) is 6.21. The first-order valence-corrected chi connectivity index (χ1v) is 3.52.